The molecule has 0 aromatic heterocycles. The molecule has 1 unspecified atom stereocenters. The lowest BCUT2D eigenvalue weighted by atomic mass is 9.89. The predicted octanol–water partition coefficient (Wildman–Crippen LogP) is 3.21. The first kappa shape index (κ1) is 12.8. The van der Waals surface area contributed by atoms with Crippen LogP contribution in [0.5, 0.6) is 5.75 Å². The van der Waals surface area contributed by atoms with Crippen molar-refractivity contribution in [3.05, 3.63) is 24.3 Å². The first-order valence-electron chi connectivity index (χ1n) is 6.49. The first-order valence-corrected chi connectivity index (χ1v) is 6.49. The van der Waals surface area contributed by atoms with Crippen LogP contribution in [0.15, 0.2) is 24.3 Å². The van der Waals surface area contributed by atoms with Gasteiger partial charge in [-0.2, -0.15) is 5.26 Å². The Hall–Kier alpha value is -1.69. The molecule has 0 radical (unpaired) electrons. The molecule has 0 bridgehead atoms. The van der Waals surface area contributed by atoms with Gasteiger partial charge in [0.05, 0.1) is 24.1 Å². The van der Waals surface area contributed by atoms with Crippen LogP contribution < -0.4 is 9.64 Å². The van der Waals surface area contributed by atoms with E-state index >= 15 is 0 Å². The summed E-state index contributed by atoms with van der Waals surface area (Å²) in [4.78, 5) is 2.32. The fourth-order valence-electron chi connectivity index (χ4n) is 2.66. The average molecular weight is 244 g/mol. The Labute approximate surface area is 109 Å². The number of benzene rings is 1. The van der Waals surface area contributed by atoms with E-state index in [0.29, 0.717) is 6.61 Å². The fourth-order valence-corrected chi connectivity index (χ4v) is 2.66. The maximum absolute atomic E-state index is 9.18. The molecule has 1 saturated heterocycles. The van der Waals surface area contributed by atoms with Crippen LogP contribution in [-0.4, -0.2) is 18.7 Å². The summed E-state index contributed by atoms with van der Waals surface area (Å²) in [5.41, 5.74) is 1.07. The maximum Gasteiger partial charge on any atom is 0.119 e. The summed E-state index contributed by atoms with van der Waals surface area (Å²) >= 11 is 0. The van der Waals surface area contributed by atoms with E-state index in [1.54, 1.807) is 0 Å². The van der Waals surface area contributed by atoms with Gasteiger partial charge in [-0.15, -0.1) is 0 Å². The molecule has 0 amide bonds. The van der Waals surface area contributed by atoms with E-state index in [2.05, 4.69) is 36.9 Å². The molecule has 3 heteroatoms. The molecular formula is C15H20N2O. The highest BCUT2D eigenvalue weighted by atomic mass is 16.5. The van der Waals surface area contributed by atoms with E-state index in [1.165, 1.54) is 5.69 Å². The first-order chi connectivity index (χ1) is 8.59. The molecule has 0 spiro atoms. The van der Waals surface area contributed by atoms with E-state index in [0.717, 1.165) is 18.7 Å². The van der Waals surface area contributed by atoms with Crippen molar-refractivity contribution in [2.24, 2.45) is 5.92 Å². The predicted molar refractivity (Wildman–Crippen MR) is 72.8 cm³/mol. The second-order valence-electron chi connectivity index (χ2n) is 5.20. The van der Waals surface area contributed by atoms with Crippen molar-refractivity contribution < 1.29 is 4.74 Å². The molecule has 96 valence electrons. The van der Waals surface area contributed by atoms with Crippen molar-refractivity contribution in [1.29, 1.82) is 5.26 Å². The van der Waals surface area contributed by atoms with Crippen molar-refractivity contribution >= 4 is 5.69 Å². The van der Waals surface area contributed by atoms with Crippen LogP contribution in [0.3, 0.4) is 0 Å². The number of hydrogen-bond donors (Lipinski definition) is 0. The minimum absolute atomic E-state index is 0.0954. The second-order valence-corrected chi connectivity index (χ2v) is 5.20. The van der Waals surface area contributed by atoms with Gasteiger partial charge < -0.3 is 9.64 Å². The third-order valence-corrected chi connectivity index (χ3v) is 3.81. The van der Waals surface area contributed by atoms with Crippen molar-refractivity contribution in [2.75, 3.05) is 18.1 Å². The van der Waals surface area contributed by atoms with Gasteiger partial charge in [-0.25, -0.2) is 0 Å². The van der Waals surface area contributed by atoms with E-state index in [9.17, 15) is 5.26 Å². The summed E-state index contributed by atoms with van der Waals surface area (Å²) in [6.07, 6.45) is 0.941. The van der Waals surface area contributed by atoms with Gasteiger partial charge >= 0.3 is 0 Å². The Morgan fingerprint density at radius 1 is 1.39 bits per heavy atom. The highest BCUT2D eigenvalue weighted by molar-refractivity contribution is 5.53. The minimum atomic E-state index is -0.0954. The van der Waals surface area contributed by atoms with Gasteiger partial charge in [-0.3, -0.25) is 0 Å². The topological polar surface area (TPSA) is 36.3 Å². The Bertz CT molecular complexity index is 445. The summed E-state index contributed by atoms with van der Waals surface area (Å²) in [7, 11) is 0. The number of nitriles is 1. The molecule has 1 aliphatic heterocycles. The zero-order valence-corrected chi connectivity index (χ0v) is 11.3. The minimum Gasteiger partial charge on any atom is -0.494 e. The lowest BCUT2D eigenvalue weighted by molar-refractivity contribution is 0.340. The molecule has 1 fully saturated rings. The van der Waals surface area contributed by atoms with E-state index in [-0.39, 0.29) is 11.5 Å². The van der Waals surface area contributed by atoms with Crippen LogP contribution in [0, 0.1) is 17.2 Å². The molecule has 0 N–H and O–H groups in total. The van der Waals surface area contributed by atoms with Crippen LogP contribution in [0.25, 0.3) is 0 Å². The van der Waals surface area contributed by atoms with Gasteiger partial charge in [0.15, 0.2) is 0 Å². The zero-order valence-electron chi connectivity index (χ0n) is 11.3. The highest BCUT2D eigenvalue weighted by Crippen LogP contribution is 2.38. The number of ether oxygens (including phenoxy) is 1. The standard InChI is InChI=1S/C15H20N2O/c1-4-18-14-7-5-13(6-8-14)17-10-9-12(11-16)15(17,2)3/h5-8,12H,4,9-10H2,1-3H3. The molecule has 2 rings (SSSR count). The lowest BCUT2D eigenvalue weighted by Crippen LogP contribution is -2.42. The molecule has 1 heterocycles. The summed E-state index contributed by atoms with van der Waals surface area (Å²) in [5.74, 6) is 0.999. The summed E-state index contributed by atoms with van der Waals surface area (Å²) in [6, 6.07) is 10.6. The molecular weight excluding hydrogens is 224 g/mol. The van der Waals surface area contributed by atoms with Gasteiger partial charge in [0.2, 0.25) is 0 Å². The van der Waals surface area contributed by atoms with Crippen molar-refractivity contribution in [1.82, 2.24) is 0 Å². The van der Waals surface area contributed by atoms with E-state index in [4.69, 9.17) is 4.74 Å². The molecule has 0 saturated carbocycles. The Morgan fingerprint density at radius 2 is 2.06 bits per heavy atom. The van der Waals surface area contributed by atoms with Crippen LogP contribution >= 0.6 is 0 Å². The van der Waals surface area contributed by atoms with E-state index < -0.39 is 0 Å². The van der Waals surface area contributed by atoms with Gasteiger partial charge in [0.25, 0.3) is 0 Å². The van der Waals surface area contributed by atoms with Crippen molar-refractivity contribution in [2.45, 2.75) is 32.7 Å². The monoisotopic (exact) mass is 244 g/mol. The number of rotatable bonds is 3. The molecule has 1 aromatic rings. The van der Waals surface area contributed by atoms with Crippen LogP contribution in [-0.2, 0) is 0 Å². The smallest absolute Gasteiger partial charge is 0.119 e. The van der Waals surface area contributed by atoms with Crippen LogP contribution in [0.1, 0.15) is 27.2 Å². The van der Waals surface area contributed by atoms with Gasteiger partial charge in [-0.1, -0.05) is 0 Å². The SMILES string of the molecule is CCOc1ccc(N2CCC(C#N)C2(C)C)cc1. The number of anilines is 1. The fraction of sp³-hybridized carbons (Fsp3) is 0.533. The molecule has 1 aromatic carbocycles. The molecule has 0 aliphatic carbocycles. The summed E-state index contributed by atoms with van der Waals surface area (Å²) in [6.45, 7) is 7.90. The number of hydrogen-bond acceptors (Lipinski definition) is 3. The van der Waals surface area contributed by atoms with Gasteiger partial charge in [0.1, 0.15) is 5.75 Å². The second kappa shape index (κ2) is 4.89. The zero-order chi connectivity index (χ0) is 13.2. The third kappa shape index (κ3) is 2.15. The van der Waals surface area contributed by atoms with Crippen molar-refractivity contribution in [3.8, 4) is 11.8 Å². The Kier molecular flexibility index (Phi) is 3.47. The normalized spacial score (nSPS) is 21.7. The van der Waals surface area contributed by atoms with Crippen LogP contribution in [0.4, 0.5) is 5.69 Å². The molecule has 1 atom stereocenters. The maximum atomic E-state index is 9.18. The third-order valence-electron chi connectivity index (χ3n) is 3.81. The van der Waals surface area contributed by atoms with Crippen molar-refractivity contribution in [3.63, 3.8) is 0 Å². The molecule has 1 aliphatic rings. The lowest BCUT2D eigenvalue weighted by Gasteiger charge is -2.35. The Morgan fingerprint density at radius 3 is 2.56 bits per heavy atom. The average Bonchev–Trinajstić information content (AvgIpc) is 2.65. The van der Waals surface area contributed by atoms with E-state index in [1.807, 2.05) is 19.1 Å². The Balaban J connectivity index is 2.20. The molecule has 3 nitrogen and oxygen atoms in total. The largest absolute Gasteiger partial charge is 0.494 e. The summed E-state index contributed by atoms with van der Waals surface area (Å²) < 4.78 is 5.45. The highest BCUT2D eigenvalue weighted by Gasteiger charge is 2.41. The van der Waals surface area contributed by atoms with Crippen LogP contribution in [0.2, 0.25) is 0 Å². The number of nitrogens with zero attached hydrogens (tertiary/aromatic N) is 2. The quantitative estimate of drug-likeness (QED) is 0.819. The summed E-state index contributed by atoms with van der Waals surface area (Å²) in [5, 5.41) is 9.18. The molecule has 18 heavy (non-hydrogen) atoms. The van der Waals surface area contributed by atoms with Gasteiger partial charge in [-0.05, 0) is 51.5 Å². The van der Waals surface area contributed by atoms with Gasteiger partial charge in [0, 0.05) is 12.2 Å².